The van der Waals surface area contributed by atoms with Crippen LogP contribution in [0.15, 0.2) is 30.5 Å². The summed E-state index contributed by atoms with van der Waals surface area (Å²) >= 11 is 1.59. The van der Waals surface area contributed by atoms with Gasteiger partial charge in [-0.05, 0) is 24.6 Å². The summed E-state index contributed by atoms with van der Waals surface area (Å²) in [6.07, 6.45) is 1.94. The fourth-order valence-corrected chi connectivity index (χ4v) is 2.95. The minimum absolute atomic E-state index is 0.785. The van der Waals surface area contributed by atoms with Crippen molar-refractivity contribution in [3.8, 4) is 5.75 Å². The molecule has 0 saturated carbocycles. The monoisotopic (exact) mass is 288 g/mol. The zero-order valence-corrected chi connectivity index (χ0v) is 12.5. The van der Waals surface area contributed by atoms with E-state index in [2.05, 4.69) is 21.0 Å². The summed E-state index contributed by atoms with van der Waals surface area (Å²) in [7, 11) is 3.71. The molecular weight excluding hydrogens is 272 g/mol. The molecule has 0 bridgehead atoms. The van der Waals surface area contributed by atoms with E-state index in [1.165, 1.54) is 5.56 Å². The van der Waals surface area contributed by atoms with Crippen LogP contribution in [0.4, 0.5) is 5.13 Å². The number of ether oxygens (including phenoxy) is 1. The van der Waals surface area contributed by atoms with Crippen LogP contribution in [0.3, 0.4) is 0 Å². The molecule has 0 N–H and O–H groups in total. The van der Waals surface area contributed by atoms with Gasteiger partial charge in [-0.15, -0.1) is 5.10 Å². The van der Waals surface area contributed by atoms with Gasteiger partial charge in [-0.25, -0.2) is 9.50 Å². The minimum atomic E-state index is 0.785. The maximum atomic E-state index is 5.25. The van der Waals surface area contributed by atoms with Crippen molar-refractivity contribution in [3.05, 3.63) is 41.7 Å². The molecule has 0 spiro atoms. The van der Waals surface area contributed by atoms with Crippen LogP contribution in [0.2, 0.25) is 0 Å². The average molecular weight is 288 g/mol. The lowest BCUT2D eigenvalue weighted by Gasteiger charge is -2.15. The highest BCUT2D eigenvalue weighted by Gasteiger charge is 2.11. The lowest BCUT2D eigenvalue weighted by Crippen LogP contribution is -2.16. The Kier molecular flexibility index (Phi) is 3.31. The smallest absolute Gasteiger partial charge is 0.214 e. The molecule has 0 saturated heterocycles. The Bertz CT molecular complexity index is 702. The summed E-state index contributed by atoms with van der Waals surface area (Å²) in [4.78, 5) is 7.46. The molecular formula is C14H16N4OS. The number of methoxy groups -OCH3 is 1. The van der Waals surface area contributed by atoms with E-state index in [4.69, 9.17) is 4.74 Å². The van der Waals surface area contributed by atoms with Crippen molar-refractivity contribution in [2.75, 3.05) is 19.1 Å². The molecule has 3 rings (SSSR count). The maximum Gasteiger partial charge on any atom is 0.214 e. The van der Waals surface area contributed by atoms with Crippen molar-refractivity contribution in [2.45, 2.75) is 13.5 Å². The van der Waals surface area contributed by atoms with E-state index in [1.54, 1.807) is 18.4 Å². The van der Waals surface area contributed by atoms with Crippen LogP contribution in [0.25, 0.3) is 4.96 Å². The molecule has 0 fully saturated rings. The fraction of sp³-hybridized carbons (Fsp3) is 0.286. The van der Waals surface area contributed by atoms with Crippen LogP contribution in [0.1, 0.15) is 11.3 Å². The zero-order chi connectivity index (χ0) is 14.1. The van der Waals surface area contributed by atoms with Crippen molar-refractivity contribution >= 4 is 21.4 Å². The number of aromatic nitrogens is 3. The number of anilines is 1. The van der Waals surface area contributed by atoms with E-state index in [0.717, 1.165) is 28.1 Å². The Labute approximate surface area is 121 Å². The van der Waals surface area contributed by atoms with E-state index in [9.17, 15) is 0 Å². The Morgan fingerprint density at radius 2 is 2.25 bits per heavy atom. The van der Waals surface area contributed by atoms with Gasteiger partial charge < -0.3 is 9.64 Å². The predicted molar refractivity (Wildman–Crippen MR) is 80.7 cm³/mol. The second-order valence-electron chi connectivity index (χ2n) is 4.70. The molecule has 2 aromatic heterocycles. The molecule has 0 atom stereocenters. The number of imidazole rings is 1. The van der Waals surface area contributed by atoms with Crippen LogP contribution >= 0.6 is 11.3 Å². The molecule has 20 heavy (non-hydrogen) atoms. The Hall–Kier alpha value is -2.08. The van der Waals surface area contributed by atoms with Crippen molar-refractivity contribution in [1.29, 1.82) is 0 Å². The number of rotatable bonds is 4. The van der Waals surface area contributed by atoms with Crippen LogP contribution in [0, 0.1) is 6.92 Å². The van der Waals surface area contributed by atoms with Crippen LogP contribution in [0.5, 0.6) is 5.75 Å². The molecule has 0 aliphatic rings. The Morgan fingerprint density at radius 1 is 1.40 bits per heavy atom. The number of benzene rings is 1. The molecule has 0 unspecified atom stereocenters. The number of hydrogen-bond acceptors (Lipinski definition) is 5. The highest BCUT2D eigenvalue weighted by molar-refractivity contribution is 7.20. The molecule has 0 aliphatic heterocycles. The first-order valence-electron chi connectivity index (χ1n) is 6.32. The van der Waals surface area contributed by atoms with E-state index >= 15 is 0 Å². The maximum absolute atomic E-state index is 5.25. The van der Waals surface area contributed by atoms with Gasteiger partial charge in [0.05, 0.1) is 19.0 Å². The lowest BCUT2D eigenvalue weighted by molar-refractivity contribution is 0.414. The highest BCUT2D eigenvalue weighted by atomic mass is 32.1. The predicted octanol–water partition coefficient (Wildman–Crippen LogP) is 2.74. The van der Waals surface area contributed by atoms with Gasteiger partial charge in [-0.2, -0.15) is 0 Å². The van der Waals surface area contributed by atoms with Crippen LogP contribution in [-0.4, -0.2) is 28.8 Å². The van der Waals surface area contributed by atoms with Gasteiger partial charge >= 0.3 is 0 Å². The van der Waals surface area contributed by atoms with Crippen LogP contribution in [-0.2, 0) is 6.54 Å². The quantitative estimate of drug-likeness (QED) is 0.740. The molecule has 5 nitrogen and oxygen atoms in total. The van der Waals surface area contributed by atoms with E-state index in [-0.39, 0.29) is 0 Å². The molecule has 0 aliphatic carbocycles. The van der Waals surface area contributed by atoms with Crippen molar-refractivity contribution in [3.63, 3.8) is 0 Å². The van der Waals surface area contributed by atoms with Crippen molar-refractivity contribution < 1.29 is 4.74 Å². The lowest BCUT2D eigenvalue weighted by atomic mass is 10.2. The summed E-state index contributed by atoms with van der Waals surface area (Å²) in [6, 6.07) is 8.07. The standard InChI is InChI=1S/C14H16N4OS/c1-10-8-18-13(15-10)20-14(16-18)17(2)9-11-5-4-6-12(7-11)19-3/h4-8H,9H2,1-3H3. The van der Waals surface area contributed by atoms with E-state index < -0.39 is 0 Å². The van der Waals surface area contributed by atoms with E-state index in [0.29, 0.717) is 0 Å². The Morgan fingerprint density at radius 3 is 3.00 bits per heavy atom. The van der Waals surface area contributed by atoms with Gasteiger partial charge in [-0.1, -0.05) is 23.5 Å². The topological polar surface area (TPSA) is 42.7 Å². The third kappa shape index (κ3) is 2.46. The fourth-order valence-electron chi connectivity index (χ4n) is 2.07. The minimum Gasteiger partial charge on any atom is -0.497 e. The SMILES string of the molecule is COc1cccc(CN(C)c2nn3cc(C)nc3s2)c1. The largest absolute Gasteiger partial charge is 0.497 e. The van der Waals surface area contributed by atoms with E-state index in [1.807, 2.05) is 42.9 Å². The highest BCUT2D eigenvalue weighted by Crippen LogP contribution is 2.24. The molecule has 6 heteroatoms. The second kappa shape index (κ2) is 5.13. The van der Waals surface area contributed by atoms with Crippen molar-refractivity contribution in [1.82, 2.24) is 14.6 Å². The zero-order valence-electron chi connectivity index (χ0n) is 11.7. The van der Waals surface area contributed by atoms with Gasteiger partial charge in [-0.3, -0.25) is 0 Å². The van der Waals surface area contributed by atoms with Gasteiger partial charge in [0.15, 0.2) is 0 Å². The average Bonchev–Trinajstić information content (AvgIpc) is 2.96. The molecule has 2 heterocycles. The van der Waals surface area contributed by atoms with Gasteiger partial charge in [0, 0.05) is 13.6 Å². The summed E-state index contributed by atoms with van der Waals surface area (Å²) < 4.78 is 7.08. The second-order valence-corrected chi connectivity index (χ2v) is 5.64. The molecule has 0 radical (unpaired) electrons. The number of nitrogens with zero attached hydrogens (tertiary/aromatic N) is 4. The molecule has 3 aromatic rings. The summed E-state index contributed by atoms with van der Waals surface area (Å²) in [6.45, 7) is 2.76. The first-order chi connectivity index (χ1) is 9.65. The molecule has 1 aromatic carbocycles. The summed E-state index contributed by atoms with van der Waals surface area (Å²) in [5, 5.41) is 5.49. The van der Waals surface area contributed by atoms with Crippen LogP contribution < -0.4 is 9.64 Å². The number of hydrogen-bond donors (Lipinski definition) is 0. The third-order valence-corrected chi connectivity index (χ3v) is 4.07. The number of aryl methyl sites for hydroxylation is 1. The van der Waals surface area contributed by atoms with Gasteiger partial charge in [0.25, 0.3) is 0 Å². The number of fused-ring (bicyclic) bond motifs is 1. The normalized spacial score (nSPS) is 10.9. The summed E-state index contributed by atoms with van der Waals surface area (Å²) in [5.74, 6) is 0.875. The third-order valence-electron chi connectivity index (χ3n) is 3.03. The van der Waals surface area contributed by atoms with Gasteiger partial charge in [0.2, 0.25) is 10.1 Å². The first kappa shape index (κ1) is 12.9. The Balaban J connectivity index is 1.80. The molecule has 104 valence electrons. The molecule has 0 amide bonds. The van der Waals surface area contributed by atoms with Gasteiger partial charge in [0.1, 0.15) is 5.75 Å². The van der Waals surface area contributed by atoms with Crippen molar-refractivity contribution in [2.24, 2.45) is 0 Å². The summed E-state index contributed by atoms with van der Waals surface area (Å²) in [5.41, 5.74) is 2.18. The first-order valence-corrected chi connectivity index (χ1v) is 7.14.